The summed E-state index contributed by atoms with van der Waals surface area (Å²) in [5.41, 5.74) is 2.38. The summed E-state index contributed by atoms with van der Waals surface area (Å²) in [6, 6.07) is 17.0. The van der Waals surface area contributed by atoms with Crippen molar-refractivity contribution in [2.75, 3.05) is 24.6 Å². The van der Waals surface area contributed by atoms with Crippen LogP contribution in [-0.2, 0) is 13.1 Å². The number of benzene rings is 2. The lowest BCUT2D eigenvalue weighted by Crippen LogP contribution is -2.50. The minimum atomic E-state index is -0.956. The molecule has 0 bridgehead atoms. The zero-order chi connectivity index (χ0) is 19.8. The minimum absolute atomic E-state index is 0.211. The molecule has 6 nitrogen and oxygen atoms in total. The molecule has 2 aromatic rings. The average molecular weight is 400 g/mol. The van der Waals surface area contributed by atoms with Gasteiger partial charge in [0.25, 0.3) is 0 Å². The van der Waals surface area contributed by atoms with E-state index < -0.39 is 5.97 Å². The number of amides is 2. The van der Waals surface area contributed by atoms with Gasteiger partial charge in [0.2, 0.25) is 0 Å². The van der Waals surface area contributed by atoms with Crippen molar-refractivity contribution in [3.63, 3.8) is 0 Å². The third-order valence-electron chi connectivity index (χ3n) is 4.73. The zero-order valence-electron chi connectivity index (χ0n) is 15.6. The van der Waals surface area contributed by atoms with Gasteiger partial charge in [-0.25, -0.2) is 9.59 Å². The molecule has 2 amide bonds. The Hall–Kier alpha value is -2.51. The molecule has 148 valence electrons. The van der Waals surface area contributed by atoms with E-state index in [1.807, 2.05) is 17.8 Å². The highest BCUT2D eigenvalue weighted by molar-refractivity contribution is 7.99. The molecule has 0 radical (unpaired) electrons. The minimum Gasteiger partial charge on any atom is -0.478 e. The van der Waals surface area contributed by atoms with Crippen molar-refractivity contribution >= 4 is 23.8 Å². The standard InChI is InChI=1S/C21H25N3O3S/c25-20(26)18-8-6-16(7-9-18)12-22-21(27)23-13-19-15-28-11-10-24(19)14-17-4-2-1-3-5-17/h1-9,19H,10-15H2,(H,25,26)(H2,22,23,27). The molecule has 1 fully saturated rings. The molecular weight excluding hydrogens is 374 g/mol. The average Bonchev–Trinajstić information content (AvgIpc) is 2.72. The maximum Gasteiger partial charge on any atom is 0.335 e. The number of nitrogens with zero attached hydrogens (tertiary/aromatic N) is 1. The number of hydrogen-bond acceptors (Lipinski definition) is 4. The molecular formula is C21H25N3O3S. The molecule has 0 spiro atoms. The van der Waals surface area contributed by atoms with E-state index in [1.165, 1.54) is 17.7 Å². The summed E-state index contributed by atoms with van der Waals surface area (Å²) in [5.74, 6) is 1.16. The Bertz CT molecular complexity index is 783. The summed E-state index contributed by atoms with van der Waals surface area (Å²) < 4.78 is 0. The van der Waals surface area contributed by atoms with E-state index >= 15 is 0 Å². The first kappa shape index (κ1) is 20.2. The van der Waals surface area contributed by atoms with Crippen molar-refractivity contribution in [3.05, 3.63) is 71.3 Å². The van der Waals surface area contributed by atoms with Crippen LogP contribution in [0.1, 0.15) is 21.5 Å². The predicted octanol–water partition coefficient (Wildman–Crippen LogP) is 2.80. The molecule has 3 rings (SSSR count). The summed E-state index contributed by atoms with van der Waals surface area (Å²) in [6.07, 6.45) is 0. The van der Waals surface area contributed by atoms with Gasteiger partial charge < -0.3 is 15.7 Å². The monoisotopic (exact) mass is 399 g/mol. The van der Waals surface area contributed by atoms with E-state index in [4.69, 9.17) is 5.11 Å². The Balaban J connectivity index is 1.45. The van der Waals surface area contributed by atoms with Gasteiger partial charge in [-0.2, -0.15) is 11.8 Å². The summed E-state index contributed by atoms with van der Waals surface area (Å²) in [5, 5.41) is 14.7. The Morgan fingerprint density at radius 1 is 1.04 bits per heavy atom. The van der Waals surface area contributed by atoms with Gasteiger partial charge in [-0.1, -0.05) is 42.5 Å². The highest BCUT2D eigenvalue weighted by Crippen LogP contribution is 2.18. The van der Waals surface area contributed by atoms with Crippen molar-refractivity contribution < 1.29 is 14.7 Å². The number of aromatic carboxylic acids is 1. The zero-order valence-corrected chi connectivity index (χ0v) is 16.5. The molecule has 1 aliphatic rings. The van der Waals surface area contributed by atoms with Crippen LogP contribution in [0.2, 0.25) is 0 Å². The second kappa shape index (κ2) is 10.1. The fraction of sp³-hybridized carbons (Fsp3) is 0.333. The Labute approximate surface area is 169 Å². The van der Waals surface area contributed by atoms with E-state index in [2.05, 4.69) is 39.8 Å². The van der Waals surface area contributed by atoms with Crippen LogP contribution in [-0.4, -0.2) is 52.6 Å². The van der Waals surface area contributed by atoms with E-state index in [0.29, 0.717) is 19.1 Å². The molecule has 1 aliphatic heterocycles. The molecule has 1 atom stereocenters. The number of carboxylic acid groups (broad SMARTS) is 1. The largest absolute Gasteiger partial charge is 0.478 e. The Morgan fingerprint density at radius 3 is 2.50 bits per heavy atom. The quantitative estimate of drug-likeness (QED) is 0.667. The van der Waals surface area contributed by atoms with Crippen molar-refractivity contribution in [1.29, 1.82) is 0 Å². The predicted molar refractivity (Wildman–Crippen MR) is 112 cm³/mol. The highest BCUT2D eigenvalue weighted by atomic mass is 32.2. The molecule has 1 unspecified atom stereocenters. The Kier molecular flexibility index (Phi) is 7.33. The van der Waals surface area contributed by atoms with Crippen LogP contribution < -0.4 is 10.6 Å². The molecule has 2 aromatic carbocycles. The molecule has 0 aliphatic carbocycles. The van der Waals surface area contributed by atoms with Crippen LogP contribution in [0.5, 0.6) is 0 Å². The molecule has 3 N–H and O–H groups in total. The number of carbonyl (C=O) groups is 2. The summed E-state index contributed by atoms with van der Waals surface area (Å²) in [4.78, 5) is 25.5. The van der Waals surface area contributed by atoms with Gasteiger partial charge >= 0.3 is 12.0 Å². The number of rotatable bonds is 7. The van der Waals surface area contributed by atoms with Gasteiger partial charge in [0.1, 0.15) is 0 Å². The Morgan fingerprint density at radius 2 is 1.79 bits per heavy atom. The topological polar surface area (TPSA) is 81.7 Å². The lowest BCUT2D eigenvalue weighted by Gasteiger charge is -2.35. The molecule has 28 heavy (non-hydrogen) atoms. The molecule has 0 aromatic heterocycles. The van der Waals surface area contributed by atoms with Gasteiger partial charge in [-0.3, -0.25) is 4.90 Å². The number of hydrogen-bond donors (Lipinski definition) is 3. The van der Waals surface area contributed by atoms with Crippen LogP contribution in [0.4, 0.5) is 4.79 Å². The first-order valence-electron chi connectivity index (χ1n) is 9.31. The second-order valence-corrected chi connectivity index (χ2v) is 7.90. The maximum absolute atomic E-state index is 12.2. The number of thioether (sulfide) groups is 1. The van der Waals surface area contributed by atoms with Gasteiger partial charge in [-0.05, 0) is 23.3 Å². The maximum atomic E-state index is 12.2. The molecule has 7 heteroatoms. The van der Waals surface area contributed by atoms with Crippen molar-refractivity contribution in [1.82, 2.24) is 15.5 Å². The van der Waals surface area contributed by atoms with Crippen LogP contribution in [0.25, 0.3) is 0 Å². The number of carboxylic acids is 1. The third kappa shape index (κ3) is 6.00. The van der Waals surface area contributed by atoms with E-state index in [0.717, 1.165) is 30.2 Å². The fourth-order valence-corrected chi connectivity index (χ4v) is 4.25. The van der Waals surface area contributed by atoms with Gasteiger partial charge in [0.15, 0.2) is 0 Å². The first-order valence-corrected chi connectivity index (χ1v) is 10.5. The lowest BCUT2D eigenvalue weighted by atomic mass is 10.1. The SMILES string of the molecule is O=C(NCc1ccc(C(=O)O)cc1)NCC1CSCCN1Cc1ccccc1. The van der Waals surface area contributed by atoms with Crippen LogP contribution in [0, 0.1) is 0 Å². The molecule has 0 saturated carbocycles. The van der Waals surface area contributed by atoms with Gasteiger partial charge in [0, 0.05) is 43.7 Å². The molecule has 1 heterocycles. The van der Waals surface area contributed by atoms with Gasteiger partial charge in [-0.15, -0.1) is 0 Å². The summed E-state index contributed by atoms with van der Waals surface area (Å²) in [7, 11) is 0. The van der Waals surface area contributed by atoms with Crippen LogP contribution in [0.3, 0.4) is 0 Å². The van der Waals surface area contributed by atoms with Crippen molar-refractivity contribution in [3.8, 4) is 0 Å². The number of urea groups is 1. The van der Waals surface area contributed by atoms with Gasteiger partial charge in [0.05, 0.1) is 5.56 Å². The fourth-order valence-electron chi connectivity index (χ4n) is 3.12. The molecule has 1 saturated heterocycles. The number of nitrogens with one attached hydrogen (secondary N) is 2. The normalized spacial score (nSPS) is 17.1. The van der Waals surface area contributed by atoms with Crippen LogP contribution >= 0.6 is 11.8 Å². The van der Waals surface area contributed by atoms with E-state index in [-0.39, 0.29) is 11.6 Å². The number of carbonyl (C=O) groups excluding carboxylic acids is 1. The smallest absolute Gasteiger partial charge is 0.335 e. The van der Waals surface area contributed by atoms with E-state index in [1.54, 1.807) is 12.1 Å². The first-order chi connectivity index (χ1) is 13.6. The summed E-state index contributed by atoms with van der Waals surface area (Å²) >= 11 is 1.92. The summed E-state index contributed by atoms with van der Waals surface area (Å²) in [6.45, 7) is 2.87. The van der Waals surface area contributed by atoms with Crippen LogP contribution in [0.15, 0.2) is 54.6 Å². The van der Waals surface area contributed by atoms with Crippen molar-refractivity contribution in [2.24, 2.45) is 0 Å². The lowest BCUT2D eigenvalue weighted by molar-refractivity contribution is 0.0697. The van der Waals surface area contributed by atoms with Crippen molar-refractivity contribution in [2.45, 2.75) is 19.1 Å². The third-order valence-corrected chi connectivity index (χ3v) is 5.82. The highest BCUT2D eigenvalue weighted by Gasteiger charge is 2.23. The second-order valence-electron chi connectivity index (χ2n) is 6.75. The van der Waals surface area contributed by atoms with E-state index in [9.17, 15) is 9.59 Å².